The number of aromatic nitrogens is 5. The van der Waals surface area contributed by atoms with Gasteiger partial charge in [-0.05, 0) is 35.4 Å². The molecular weight excluding hydrogens is 556 g/mol. The molecule has 8 rings (SSSR count). The zero-order chi connectivity index (χ0) is 30.2. The van der Waals surface area contributed by atoms with Crippen LogP contribution in [0.1, 0.15) is 5.69 Å². The number of nitrogens with zero attached hydrogens (tertiary/aromatic N) is 6. The standard InChI is InChI=1S/C38H22N6O/c39-23-31-34-33(30-19-7-8-20-32(30)45-34)41-36(40-31)28-17-10-18-29(22-28)38-43-35(25-13-5-2-6-14-25)42-37(44-38)27-16-9-15-26(21-27)24-11-3-1-4-12-24/h1-22H. The van der Waals surface area contributed by atoms with E-state index < -0.39 is 0 Å². The van der Waals surface area contributed by atoms with Crippen LogP contribution < -0.4 is 0 Å². The molecule has 0 aliphatic carbocycles. The molecule has 3 heterocycles. The third-order valence-electron chi connectivity index (χ3n) is 7.60. The topological polar surface area (TPSA) is 101 Å². The largest absolute Gasteiger partial charge is 0.451 e. The molecule has 0 fully saturated rings. The Bertz CT molecular complexity index is 2390. The van der Waals surface area contributed by atoms with Gasteiger partial charge in [-0.1, -0.05) is 109 Å². The molecule has 0 amide bonds. The fourth-order valence-corrected chi connectivity index (χ4v) is 5.41. The minimum absolute atomic E-state index is 0.184. The van der Waals surface area contributed by atoms with E-state index in [1.807, 2.05) is 109 Å². The monoisotopic (exact) mass is 578 g/mol. The van der Waals surface area contributed by atoms with Crippen LogP contribution in [0.5, 0.6) is 0 Å². The molecule has 8 aromatic rings. The van der Waals surface area contributed by atoms with Crippen LogP contribution in [0.4, 0.5) is 0 Å². The van der Waals surface area contributed by atoms with Crippen molar-refractivity contribution in [1.82, 2.24) is 24.9 Å². The number of rotatable bonds is 5. The highest BCUT2D eigenvalue weighted by molar-refractivity contribution is 6.04. The molecule has 5 aromatic carbocycles. The lowest BCUT2D eigenvalue weighted by Crippen LogP contribution is -2.00. The van der Waals surface area contributed by atoms with Crippen molar-refractivity contribution in [2.75, 3.05) is 0 Å². The first kappa shape index (κ1) is 26.1. The molecule has 0 unspecified atom stereocenters. The smallest absolute Gasteiger partial charge is 0.190 e. The van der Waals surface area contributed by atoms with Crippen LogP contribution in [-0.2, 0) is 0 Å². The van der Waals surface area contributed by atoms with Crippen molar-refractivity contribution in [2.24, 2.45) is 0 Å². The van der Waals surface area contributed by atoms with Gasteiger partial charge < -0.3 is 4.42 Å². The molecule has 45 heavy (non-hydrogen) atoms. The second-order valence-electron chi connectivity index (χ2n) is 10.5. The fraction of sp³-hybridized carbons (Fsp3) is 0. The van der Waals surface area contributed by atoms with Gasteiger partial charge in [-0.2, -0.15) is 5.26 Å². The van der Waals surface area contributed by atoms with Crippen molar-refractivity contribution < 1.29 is 4.42 Å². The minimum Gasteiger partial charge on any atom is -0.451 e. The molecule has 3 aromatic heterocycles. The van der Waals surface area contributed by atoms with Crippen molar-refractivity contribution in [3.63, 3.8) is 0 Å². The van der Waals surface area contributed by atoms with E-state index in [4.69, 9.17) is 24.4 Å². The predicted molar refractivity (Wildman–Crippen MR) is 175 cm³/mol. The Morgan fingerprint density at radius 3 is 1.58 bits per heavy atom. The molecule has 0 saturated carbocycles. The van der Waals surface area contributed by atoms with E-state index in [1.54, 1.807) is 0 Å². The molecule has 0 radical (unpaired) electrons. The molecule has 0 N–H and O–H groups in total. The molecule has 0 saturated heterocycles. The number of benzene rings is 5. The second kappa shape index (κ2) is 11.0. The van der Waals surface area contributed by atoms with Crippen LogP contribution >= 0.6 is 0 Å². The van der Waals surface area contributed by atoms with Gasteiger partial charge in [0.15, 0.2) is 34.6 Å². The highest BCUT2D eigenvalue weighted by Crippen LogP contribution is 2.32. The maximum Gasteiger partial charge on any atom is 0.190 e. The summed E-state index contributed by atoms with van der Waals surface area (Å²) in [4.78, 5) is 24.2. The van der Waals surface area contributed by atoms with Crippen molar-refractivity contribution in [3.05, 3.63) is 139 Å². The van der Waals surface area contributed by atoms with Gasteiger partial charge in [-0.25, -0.2) is 24.9 Å². The Kier molecular flexibility index (Phi) is 6.36. The van der Waals surface area contributed by atoms with Gasteiger partial charge in [0.05, 0.1) is 0 Å². The van der Waals surface area contributed by atoms with Gasteiger partial charge >= 0.3 is 0 Å². The first-order valence-corrected chi connectivity index (χ1v) is 14.4. The van der Waals surface area contributed by atoms with Gasteiger partial charge in [0.2, 0.25) is 0 Å². The van der Waals surface area contributed by atoms with Crippen LogP contribution in [0.15, 0.2) is 138 Å². The molecular formula is C38H22N6O. The van der Waals surface area contributed by atoms with Gasteiger partial charge in [-0.3, -0.25) is 0 Å². The average Bonchev–Trinajstić information content (AvgIpc) is 3.51. The van der Waals surface area contributed by atoms with Gasteiger partial charge in [-0.15, -0.1) is 0 Å². The molecule has 0 aliphatic rings. The first-order chi connectivity index (χ1) is 22.2. The molecule has 0 bridgehead atoms. The summed E-state index contributed by atoms with van der Waals surface area (Å²) in [5.74, 6) is 2.07. The Balaban J connectivity index is 1.27. The number of fused-ring (bicyclic) bond motifs is 3. The van der Waals surface area contributed by atoms with Crippen molar-refractivity contribution in [2.45, 2.75) is 0 Å². The summed E-state index contributed by atoms with van der Waals surface area (Å²) in [5, 5.41) is 10.7. The lowest BCUT2D eigenvalue weighted by Gasteiger charge is -2.10. The van der Waals surface area contributed by atoms with E-state index in [1.165, 1.54) is 0 Å². The number of para-hydroxylation sites is 1. The van der Waals surface area contributed by atoms with Crippen LogP contribution in [0, 0.1) is 11.3 Å². The zero-order valence-corrected chi connectivity index (χ0v) is 23.8. The van der Waals surface area contributed by atoms with Crippen molar-refractivity contribution in [3.8, 4) is 62.7 Å². The summed E-state index contributed by atoms with van der Waals surface area (Å²) in [5.41, 5.74) is 7.28. The minimum atomic E-state index is 0.184. The van der Waals surface area contributed by atoms with E-state index >= 15 is 0 Å². The van der Waals surface area contributed by atoms with Crippen LogP contribution in [0.2, 0.25) is 0 Å². The summed E-state index contributed by atoms with van der Waals surface area (Å²) in [6.45, 7) is 0. The third-order valence-corrected chi connectivity index (χ3v) is 7.60. The van der Waals surface area contributed by atoms with Crippen LogP contribution in [0.3, 0.4) is 0 Å². The summed E-state index contributed by atoms with van der Waals surface area (Å²) in [6.07, 6.45) is 0. The van der Waals surface area contributed by atoms with E-state index in [9.17, 15) is 5.26 Å². The van der Waals surface area contributed by atoms with E-state index in [-0.39, 0.29) is 5.69 Å². The molecule has 0 atom stereocenters. The van der Waals surface area contributed by atoms with Gasteiger partial charge in [0, 0.05) is 27.6 Å². The number of furan rings is 1. The summed E-state index contributed by atoms with van der Waals surface area (Å²) >= 11 is 0. The maximum absolute atomic E-state index is 9.91. The third kappa shape index (κ3) is 4.86. The summed E-state index contributed by atoms with van der Waals surface area (Å²) < 4.78 is 5.93. The highest BCUT2D eigenvalue weighted by atomic mass is 16.3. The van der Waals surface area contributed by atoms with Crippen LogP contribution in [-0.4, -0.2) is 24.9 Å². The van der Waals surface area contributed by atoms with Gasteiger partial charge in [0.1, 0.15) is 17.2 Å². The maximum atomic E-state index is 9.91. The van der Waals surface area contributed by atoms with E-state index in [0.29, 0.717) is 40.0 Å². The average molecular weight is 579 g/mol. The molecule has 7 nitrogen and oxygen atoms in total. The van der Waals surface area contributed by atoms with Gasteiger partial charge in [0.25, 0.3) is 0 Å². The molecule has 0 spiro atoms. The second-order valence-corrected chi connectivity index (χ2v) is 10.5. The number of hydrogen-bond acceptors (Lipinski definition) is 7. The van der Waals surface area contributed by atoms with Crippen LogP contribution in [0.25, 0.3) is 78.7 Å². The SMILES string of the molecule is N#Cc1nc(-c2cccc(-c3nc(-c4ccccc4)nc(-c4cccc(-c5ccccc5)c4)n3)c2)nc2c1oc1ccccc12. The van der Waals surface area contributed by atoms with Crippen molar-refractivity contribution in [1.29, 1.82) is 5.26 Å². The quantitative estimate of drug-likeness (QED) is 0.201. The molecule has 210 valence electrons. The Morgan fingerprint density at radius 2 is 0.933 bits per heavy atom. The number of nitriles is 1. The summed E-state index contributed by atoms with van der Waals surface area (Å²) in [7, 11) is 0. The number of hydrogen-bond donors (Lipinski definition) is 0. The molecule has 7 heteroatoms. The lowest BCUT2D eigenvalue weighted by atomic mass is 10.0. The summed E-state index contributed by atoms with van der Waals surface area (Å²) in [6, 6.07) is 45.8. The van der Waals surface area contributed by atoms with E-state index in [2.05, 4.69) is 35.3 Å². The van der Waals surface area contributed by atoms with E-state index in [0.717, 1.165) is 38.8 Å². The Hall–Kier alpha value is -6.52. The zero-order valence-electron chi connectivity index (χ0n) is 23.8. The highest BCUT2D eigenvalue weighted by Gasteiger charge is 2.18. The normalized spacial score (nSPS) is 11.1. The first-order valence-electron chi connectivity index (χ1n) is 14.4. The Labute approximate surface area is 258 Å². The lowest BCUT2D eigenvalue weighted by molar-refractivity contribution is 0.664. The fourth-order valence-electron chi connectivity index (χ4n) is 5.41. The Morgan fingerprint density at radius 1 is 0.444 bits per heavy atom. The predicted octanol–water partition coefficient (Wildman–Crippen LogP) is 8.77. The van der Waals surface area contributed by atoms with Crippen molar-refractivity contribution >= 4 is 22.1 Å². The molecule has 0 aliphatic heterocycles.